The number of nitrogens with one attached hydrogen (secondary N) is 2. The van der Waals surface area contributed by atoms with Crippen molar-refractivity contribution in [2.75, 3.05) is 62.6 Å². The fourth-order valence-electron chi connectivity index (χ4n) is 5.54. The predicted octanol–water partition coefficient (Wildman–Crippen LogP) is 4.90. The summed E-state index contributed by atoms with van der Waals surface area (Å²) in [6.07, 6.45) is 3.58. The van der Waals surface area contributed by atoms with E-state index >= 15 is 0 Å². The first-order valence-electron chi connectivity index (χ1n) is 14.9. The maximum Gasteiger partial charge on any atom is 0.248 e. The largest absolute Gasteiger partial charge is 0.494 e. The van der Waals surface area contributed by atoms with Gasteiger partial charge in [0.25, 0.3) is 0 Å². The molecule has 1 aliphatic rings. The number of hydrogen-bond donors (Lipinski definition) is 2. The first-order chi connectivity index (χ1) is 21.7. The molecule has 1 aliphatic heterocycles. The molecule has 0 atom stereocenters. The molecule has 0 aliphatic carbocycles. The van der Waals surface area contributed by atoms with Crippen LogP contribution in [0.15, 0.2) is 48.2 Å². The molecule has 11 nitrogen and oxygen atoms in total. The highest BCUT2D eigenvalue weighted by atomic mass is 32.2. The summed E-state index contributed by atoms with van der Waals surface area (Å²) in [7, 11) is 5.97. The zero-order chi connectivity index (χ0) is 33.3. The molecule has 3 heterocycles. The van der Waals surface area contributed by atoms with E-state index in [2.05, 4.69) is 15.5 Å². The molecular formula is C33H40FN7O4S. The summed E-state index contributed by atoms with van der Waals surface area (Å²) in [6, 6.07) is 8.12. The number of rotatable bonds is 10. The minimum Gasteiger partial charge on any atom is -0.494 e. The fourth-order valence-corrected chi connectivity index (χ4v) is 6.93. The summed E-state index contributed by atoms with van der Waals surface area (Å²) >= 11 is 0. The van der Waals surface area contributed by atoms with Gasteiger partial charge in [-0.05, 0) is 52.2 Å². The van der Waals surface area contributed by atoms with E-state index in [4.69, 9.17) is 14.7 Å². The number of sulfone groups is 1. The van der Waals surface area contributed by atoms with E-state index in [1.165, 1.54) is 18.2 Å². The number of carbonyl (C=O) groups is 1. The van der Waals surface area contributed by atoms with Crippen molar-refractivity contribution in [1.29, 1.82) is 0 Å². The molecule has 244 valence electrons. The zero-order valence-electron chi connectivity index (χ0n) is 27.2. The third kappa shape index (κ3) is 7.15. The molecular weight excluding hydrogens is 609 g/mol. The van der Waals surface area contributed by atoms with E-state index in [0.29, 0.717) is 51.6 Å². The van der Waals surface area contributed by atoms with Crippen molar-refractivity contribution in [3.8, 4) is 17.0 Å². The van der Waals surface area contributed by atoms with Gasteiger partial charge in [-0.2, -0.15) is 0 Å². The molecule has 2 aromatic carbocycles. The third-order valence-electron chi connectivity index (χ3n) is 7.85. The molecule has 0 spiro atoms. The molecule has 46 heavy (non-hydrogen) atoms. The van der Waals surface area contributed by atoms with Gasteiger partial charge in [-0.25, -0.2) is 22.8 Å². The van der Waals surface area contributed by atoms with Gasteiger partial charge in [0.1, 0.15) is 11.6 Å². The van der Waals surface area contributed by atoms with Gasteiger partial charge in [0.2, 0.25) is 11.9 Å². The SMILES string of the molecule is COc1cc(N(C)CCN(C)C)c(NC(=O)C=C(C)C)cc1Nc1nc2c(c(-c3cn(C)c4ccc(F)cc34)n1)CS(=O)(=O)CC2. The number of ether oxygens (including phenoxy) is 1. The van der Waals surface area contributed by atoms with Crippen molar-refractivity contribution in [2.24, 2.45) is 7.05 Å². The summed E-state index contributed by atoms with van der Waals surface area (Å²) < 4.78 is 47.6. The second kappa shape index (κ2) is 13.1. The lowest BCUT2D eigenvalue weighted by Crippen LogP contribution is -2.29. The van der Waals surface area contributed by atoms with Gasteiger partial charge in [0.15, 0.2) is 9.84 Å². The number of aromatic nitrogens is 3. The number of fused-ring (bicyclic) bond motifs is 2. The van der Waals surface area contributed by atoms with Crippen LogP contribution >= 0.6 is 0 Å². The number of amides is 1. The van der Waals surface area contributed by atoms with Crippen LogP contribution in [0.5, 0.6) is 5.75 Å². The number of allylic oxidation sites excluding steroid dienone is 1. The monoisotopic (exact) mass is 649 g/mol. The molecule has 1 amide bonds. The zero-order valence-corrected chi connectivity index (χ0v) is 28.0. The lowest BCUT2D eigenvalue weighted by Gasteiger charge is -2.26. The van der Waals surface area contributed by atoms with Gasteiger partial charge in [-0.15, -0.1) is 0 Å². The molecule has 13 heteroatoms. The van der Waals surface area contributed by atoms with Crippen molar-refractivity contribution in [1.82, 2.24) is 19.4 Å². The molecule has 0 radical (unpaired) electrons. The van der Waals surface area contributed by atoms with E-state index in [9.17, 15) is 17.6 Å². The van der Waals surface area contributed by atoms with Crippen LogP contribution in [0.1, 0.15) is 25.1 Å². The first kappa shape index (κ1) is 32.9. The Morgan fingerprint density at radius 3 is 2.57 bits per heavy atom. The Balaban J connectivity index is 1.64. The van der Waals surface area contributed by atoms with Gasteiger partial charge in [-0.3, -0.25) is 4.79 Å². The number of carbonyl (C=O) groups excluding carboxylic acids is 1. The van der Waals surface area contributed by atoms with E-state index in [1.54, 1.807) is 19.2 Å². The molecule has 2 aromatic heterocycles. The average Bonchev–Trinajstić information content (AvgIpc) is 3.30. The number of hydrogen-bond acceptors (Lipinski definition) is 9. The number of aryl methyl sites for hydroxylation is 2. The second-order valence-corrected chi connectivity index (χ2v) is 14.3. The highest BCUT2D eigenvalue weighted by Crippen LogP contribution is 2.40. The molecule has 4 aromatic rings. The van der Waals surface area contributed by atoms with Crippen LogP contribution in [0, 0.1) is 5.82 Å². The summed E-state index contributed by atoms with van der Waals surface area (Å²) in [4.78, 5) is 26.6. The lowest BCUT2D eigenvalue weighted by atomic mass is 10.0. The number of likely N-dealkylation sites (N-methyl/N-ethyl adjacent to an activating group) is 2. The van der Waals surface area contributed by atoms with Crippen LogP contribution < -0.4 is 20.3 Å². The van der Waals surface area contributed by atoms with Gasteiger partial charge in [-0.1, -0.05) is 5.57 Å². The van der Waals surface area contributed by atoms with Crippen molar-refractivity contribution in [3.63, 3.8) is 0 Å². The van der Waals surface area contributed by atoms with Crippen LogP contribution in [0.3, 0.4) is 0 Å². The van der Waals surface area contributed by atoms with Crippen molar-refractivity contribution >= 4 is 49.7 Å². The number of nitrogens with zero attached hydrogens (tertiary/aromatic N) is 5. The highest BCUT2D eigenvalue weighted by Gasteiger charge is 2.29. The Morgan fingerprint density at radius 1 is 1.11 bits per heavy atom. The Labute approximate surface area is 269 Å². The molecule has 0 unspecified atom stereocenters. The van der Waals surface area contributed by atoms with Gasteiger partial charge in [0, 0.05) is 74.0 Å². The van der Waals surface area contributed by atoms with E-state index in [0.717, 1.165) is 23.3 Å². The molecule has 0 saturated heterocycles. The topological polar surface area (TPSA) is 122 Å². The number of methoxy groups -OCH3 is 1. The third-order valence-corrected chi connectivity index (χ3v) is 9.40. The van der Waals surface area contributed by atoms with Crippen molar-refractivity contribution in [3.05, 3.63) is 65.3 Å². The minimum absolute atomic E-state index is 0.0299. The Morgan fingerprint density at radius 2 is 1.87 bits per heavy atom. The maximum atomic E-state index is 14.4. The van der Waals surface area contributed by atoms with Gasteiger partial charge in [0.05, 0.1) is 47.1 Å². The van der Waals surface area contributed by atoms with Crippen LogP contribution in [0.4, 0.5) is 27.4 Å². The highest BCUT2D eigenvalue weighted by molar-refractivity contribution is 7.90. The molecule has 2 N–H and O–H groups in total. The lowest BCUT2D eigenvalue weighted by molar-refractivity contribution is -0.111. The van der Waals surface area contributed by atoms with Crippen molar-refractivity contribution in [2.45, 2.75) is 26.0 Å². The standard InChI is InChI=1S/C33H40FN7O4S/c1-20(2)14-31(42)35-26-16-27(30(45-7)17-29(26)40(5)12-11-39(3)4)37-33-36-25-10-13-46(43,44)19-24(25)32(38-33)23-18-41(6)28-9-8-21(34)15-22(23)28/h8-9,14-18H,10-13,19H2,1-7H3,(H,35,42)(H,36,37,38). The Bertz CT molecular complexity index is 1950. The van der Waals surface area contributed by atoms with E-state index < -0.39 is 15.7 Å². The van der Waals surface area contributed by atoms with E-state index in [1.807, 2.05) is 63.8 Å². The predicted molar refractivity (Wildman–Crippen MR) is 181 cm³/mol. The smallest absolute Gasteiger partial charge is 0.248 e. The Hall–Kier alpha value is -4.49. The molecule has 0 bridgehead atoms. The van der Waals surface area contributed by atoms with Crippen LogP contribution in [0.2, 0.25) is 0 Å². The summed E-state index contributed by atoms with van der Waals surface area (Å²) in [6.45, 7) is 5.19. The number of benzene rings is 2. The molecule has 0 fully saturated rings. The van der Waals surface area contributed by atoms with Crippen molar-refractivity contribution < 1.29 is 22.3 Å². The summed E-state index contributed by atoms with van der Waals surface area (Å²) in [5, 5.41) is 6.89. The van der Waals surface area contributed by atoms with Crippen LogP contribution in [-0.4, -0.2) is 80.9 Å². The summed E-state index contributed by atoms with van der Waals surface area (Å²) in [5.41, 5.74) is 5.59. The Kier molecular flexibility index (Phi) is 9.36. The molecule has 5 rings (SSSR count). The van der Waals surface area contributed by atoms with Crippen LogP contribution in [-0.2, 0) is 33.9 Å². The normalized spacial score (nSPS) is 13.8. The molecule has 0 saturated carbocycles. The minimum atomic E-state index is -3.37. The van der Waals surface area contributed by atoms with E-state index in [-0.39, 0.29) is 29.8 Å². The van der Waals surface area contributed by atoms with Gasteiger partial charge >= 0.3 is 0 Å². The second-order valence-electron chi connectivity index (χ2n) is 12.1. The first-order valence-corrected chi connectivity index (χ1v) is 16.7. The fraction of sp³-hybridized carbons (Fsp3) is 0.364. The number of halogens is 1. The van der Waals surface area contributed by atoms with Gasteiger partial charge < -0.3 is 29.7 Å². The quantitative estimate of drug-likeness (QED) is 0.231. The summed E-state index contributed by atoms with van der Waals surface area (Å²) in [5.74, 6) is -0.203. The van der Waals surface area contributed by atoms with Crippen LogP contribution in [0.25, 0.3) is 22.2 Å². The number of anilines is 4. The average molecular weight is 650 g/mol. The maximum absolute atomic E-state index is 14.4.